The number of benzene rings is 2. The zero-order valence-corrected chi connectivity index (χ0v) is 19.0. The first-order chi connectivity index (χ1) is 15.9. The smallest absolute Gasteiger partial charge is 0.221 e. The van der Waals surface area contributed by atoms with Gasteiger partial charge in [0.25, 0.3) is 0 Å². The van der Waals surface area contributed by atoms with E-state index in [9.17, 15) is 5.11 Å². The molecule has 0 spiro atoms. The van der Waals surface area contributed by atoms with Crippen molar-refractivity contribution in [2.45, 2.75) is 13.3 Å². The van der Waals surface area contributed by atoms with Gasteiger partial charge in [-0.15, -0.1) is 0 Å². The lowest BCUT2D eigenvalue weighted by molar-refractivity contribution is 0.324. The van der Waals surface area contributed by atoms with Crippen molar-refractivity contribution in [2.75, 3.05) is 32.8 Å². The lowest BCUT2D eigenvalue weighted by Gasteiger charge is -2.14. The number of fused-ring (bicyclic) bond motifs is 1. The zero-order chi connectivity index (χ0) is 24.0. The minimum absolute atomic E-state index is 0.154. The topological polar surface area (TPSA) is 139 Å². The van der Waals surface area contributed by atoms with E-state index < -0.39 is 0 Å². The number of nitrogens with zero attached hydrogens (tertiary/aromatic N) is 3. The molecule has 2 aromatic carbocycles. The van der Waals surface area contributed by atoms with Crippen molar-refractivity contribution in [3.63, 3.8) is 0 Å². The van der Waals surface area contributed by atoms with Crippen LogP contribution < -0.4 is 25.7 Å². The van der Waals surface area contributed by atoms with Crippen molar-refractivity contribution in [3.05, 3.63) is 65.5 Å². The lowest BCUT2D eigenvalue weighted by atomic mass is 10.1. The Kier molecular flexibility index (Phi) is 7.34. The highest BCUT2D eigenvalue weighted by Gasteiger charge is 2.14. The second-order valence-electron chi connectivity index (χ2n) is 7.15. The summed E-state index contributed by atoms with van der Waals surface area (Å²) in [6.07, 6.45) is 3.82. The third kappa shape index (κ3) is 5.32. The quantitative estimate of drug-likeness (QED) is 0.418. The number of aromatic nitrogens is 3. The Morgan fingerprint density at radius 3 is 2.21 bits per heavy atom. The van der Waals surface area contributed by atoms with Crippen LogP contribution in [-0.4, -0.2) is 41.4 Å². The summed E-state index contributed by atoms with van der Waals surface area (Å²) in [6, 6.07) is 11.1. The maximum absolute atomic E-state index is 9.43. The number of rotatable bonds is 5. The van der Waals surface area contributed by atoms with E-state index in [2.05, 4.69) is 15.0 Å². The average molecular weight is 450 g/mol. The van der Waals surface area contributed by atoms with Gasteiger partial charge in [-0.25, -0.2) is 4.98 Å². The molecule has 0 radical (unpaired) electrons. The molecule has 0 bridgehead atoms. The number of hydrogen-bond donors (Lipinski definition) is 3. The fourth-order valence-electron chi connectivity index (χ4n) is 3.33. The summed E-state index contributed by atoms with van der Waals surface area (Å²) in [5.41, 5.74) is 14.9. The van der Waals surface area contributed by atoms with Crippen LogP contribution in [0, 0.1) is 6.92 Å². The number of aromatic hydroxyl groups is 1. The third-order valence-electron chi connectivity index (χ3n) is 5.00. The third-order valence-corrected chi connectivity index (χ3v) is 5.00. The summed E-state index contributed by atoms with van der Waals surface area (Å²) in [4.78, 5) is 12.0. The number of methoxy groups -OCH3 is 3. The molecule has 0 aliphatic rings. The SMILES string of the molecule is COc1cc(Cc2cnc(N)nc2N)cc(OC)c1OC.Cc1ccc(O)c2ncccc12. The predicted molar refractivity (Wildman–Crippen MR) is 128 cm³/mol. The minimum Gasteiger partial charge on any atom is -0.506 e. The molecule has 0 saturated carbocycles. The molecule has 4 rings (SSSR count). The van der Waals surface area contributed by atoms with E-state index in [4.69, 9.17) is 25.7 Å². The van der Waals surface area contributed by atoms with Gasteiger partial charge in [0.05, 0.1) is 21.3 Å². The van der Waals surface area contributed by atoms with Gasteiger partial charge in [-0.3, -0.25) is 4.98 Å². The van der Waals surface area contributed by atoms with Gasteiger partial charge in [0.15, 0.2) is 11.5 Å². The standard InChI is InChI=1S/C14H18N4O3.C10H9NO/c1-19-10-5-8(6-11(20-2)12(10)21-3)4-9-7-17-14(16)18-13(9)15;1-7-4-5-9(12)10-8(7)3-2-6-11-10/h5-7H,4H2,1-3H3,(H4,15,16,17,18);2-6,12H,1H3. The molecule has 9 nitrogen and oxygen atoms in total. The molecule has 0 amide bonds. The van der Waals surface area contributed by atoms with Gasteiger partial charge in [0.1, 0.15) is 17.1 Å². The summed E-state index contributed by atoms with van der Waals surface area (Å²) in [7, 11) is 4.70. The highest BCUT2D eigenvalue weighted by molar-refractivity contribution is 5.86. The van der Waals surface area contributed by atoms with E-state index in [0.29, 0.717) is 35.0 Å². The number of pyridine rings is 1. The first-order valence-electron chi connectivity index (χ1n) is 10.1. The summed E-state index contributed by atoms with van der Waals surface area (Å²) in [5, 5.41) is 10.4. The van der Waals surface area contributed by atoms with Gasteiger partial charge >= 0.3 is 0 Å². The summed E-state index contributed by atoms with van der Waals surface area (Å²) >= 11 is 0. The number of phenols is 1. The van der Waals surface area contributed by atoms with Crippen molar-refractivity contribution in [1.29, 1.82) is 0 Å². The van der Waals surface area contributed by atoms with E-state index >= 15 is 0 Å². The molecule has 0 fully saturated rings. The van der Waals surface area contributed by atoms with Crippen molar-refractivity contribution >= 4 is 22.7 Å². The Bertz CT molecular complexity index is 1200. The van der Waals surface area contributed by atoms with Crippen molar-refractivity contribution in [3.8, 4) is 23.0 Å². The number of nitrogen functional groups attached to an aromatic ring is 2. The van der Waals surface area contributed by atoms with Crippen LogP contribution in [0.4, 0.5) is 11.8 Å². The molecular formula is C24H27N5O4. The normalized spacial score (nSPS) is 10.3. The van der Waals surface area contributed by atoms with Crippen molar-refractivity contribution < 1.29 is 19.3 Å². The van der Waals surface area contributed by atoms with Crippen LogP contribution in [0.3, 0.4) is 0 Å². The van der Waals surface area contributed by atoms with Crippen LogP contribution >= 0.6 is 0 Å². The van der Waals surface area contributed by atoms with Gasteiger partial charge in [-0.2, -0.15) is 4.98 Å². The van der Waals surface area contributed by atoms with E-state index in [0.717, 1.165) is 22.1 Å². The number of nitrogens with two attached hydrogens (primary N) is 2. The summed E-state index contributed by atoms with van der Waals surface area (Å²) in [5.74, 6) is 2.47. The second-order valence-corrected chi connectivity index (χ2v) is 7.15. The number of phenolic OH excluding ortho intramolecular Hbond substituents is 1. The van der Waals surface area contributed by atoms with Crippen LogP contribution in [0.2, 0.25) is 0 Å². The zero-order valence-electron chi connectivity index (χ0n) is 19.0. The van der Waals surface area contributed by atoms with Crippen LogP contribution in [0.25, 0.3) is 10.9 Å². The highest BCUT2D eigenvalue weighted by Crippen LogP contribution is 2.38. The average Bonchev–Trinajstić information content (AvgIpc) is 2.83. The van der Waals surface area contributed by atoms with Crippen LogP contribution in [0.5, 0.6) is 23.0 Å². The first kappa shape index (κ1) is 23.4. The molecule has 172 valence electrons. The Morgan fingerprint density at radius 1 is 0.939 bits per heavy atom. The lowest BCUT2D eigenvalue weighted by Crippen LogP contribution is -2.04. The Labute approximate surface area is 192 Å². The number of hydrogen-bond acceptors (Lipinski definition) is 9. The van der Waals surface area contributed by atoms with Crippen LogP contribution in [0.15, 0.2) is 48.8 Å². The number of anilines is 2. The van der Waals surface area contributed by atoms with Gasteiger partial charge in [-0.1, -0.05) is 12.1 Å². The molecule has 33 heavy (non-hydrogen) atoms. The largest absolute Gasteiger partial charge is 0.506 e. The monoisotopic (exact) mass is 449 g/mol. The Balaban J connectivity index is 0.000000215. The first-order valence-corrected chi connectivity index (χ1v) is 10.1. The number of aryl methyl sites for hydroxylation is 1. The molecule has 2 aromatic heterocycles. The number of ether oxygens (including phenoxy) is 3. The Hall–Kier alpha value is -4.27. The summed E-state index contributed by atoms with van der Waals surface area (Å²) < 4.78 is 15.9. The Morgan fingerprint density at radius 2 is 1.64 bits per heavy atom. The van der Waals surface area contributed by atoms with Crippen molar-refractivity contribution in [2.24, 2.45) is 0 Å². The summed E-state index contributed by atoms with van der Waals surface area (Å²) in [6.45, 7) is 2.00. The minimum atomic E-state index is 0.154. The van der Waals surface area contributed by atoms with Gasteiger partial charge in [-0.05, 0) is 42.3 Å². The maximum atomic E-state index is 9.43. The molecule has 9 heteroatoms. The van der Waals surface area contributed by atoms with E-state index in [1.54, 1.807) is 39.8 Å². The van der Waals surface area contributed by atoms with E-state index in [1.807, 2.05) is 37.3 Å². The molecule has 5 N–H and O–H groups in total. The van der Waals surface area contributed by atoms with E-state index in [-0.39, 0.29) is 11.7 Å². The van der Waals surface area contributed by atoms with Gasteiger partial charge in [0, 0.05) is 29.8 Å². The van der Waals surface area contributed by atoms with Gasteiger partial charge in [0.2, 0.25) is 11.7 Å². The molecule has 0 saturated heterocycles. The van der Waals surface area contributed by atoms with Crippen molar-refractivity contribution in [1.82, 2.24) is 15.0 Å². The molecular weight excluding hydrogens is 422 g/mol. The maximum Gasteiger partial charge on any atom is 0.221 e. The second kappa shape index (κ2) is 10.4. The van der Waals surface area contributed by atoms with Gasteiger partial charge < -0.3 is 30.8 Å². The predicted octanol–water partition coefficient (Wildman–Crippen LogP) is 3.51. The molecule has 4 aromatic rings. The molecule has 2 heterocycles. The highest BCUT2D eigenvalue weighted by atomic mass is 16.5. The molecule has 0 aliphatic carbocycles. The van der Waals surface area contributed by atoms with Crippen LogP contribution in [-0.2, 0) is 6.42 Å². The molecule has 0 atom stereocenters. The molecule has 0 aliphatic heterocycles. The van der Waals surface area contributed by atoms with Crippen LogP contribution in [0.1, 0.15) is 16.7 Å². The fraction of sp³-hybridized carbons (Fsp3) is 0.208. The fourth-order valence-corrected chi connectivity index (χ4v) is 3.33. The van der Waals surface area contributed by atoms with E-state index in [1.165, 1.54) is 0 Å². The molecule has 0 unspecified atom stereocenters.